The zero-order valence-corrected chi connectivity index (χ0v) is 53.7. The van der Waals surface area contributed by atoms with Gasteiger partial charge in [-0.3, -0.25) is 14.4 Å². The van der Waals surface area contributed by atoms with Crippen molar-refractivity contribution < 1.29 is 28.6 Å². The Hall–Kier alpha value is -4.97. The van der Waals surface area contributed by atoms with Crippen LogP contribution in [0.3, 0.4) is 0 Å². The van der Waals surface area contributed by atoms with Crippen molar-refractivity contribution in [1.82, 2.24) is 0 Å². The molecule has 0 saturated carbocycles. The molecule has 0 amide bonds. The number of allylic oxidation sites excluding steroid dienone is 26. The lowest BCUT2D eigenvalue weighted by atomic mass is 10.0. The Kier molecular flexibility index (Phi) is 65.4. The first-order valence-corrected chi connectivity index (χ1v) is 34.0. The fourth-order valence-electron chi connectivity index (χ4n) is 9.04. The quantitative estimate of drug-likeness (QED) is 0.0261. The minimum Gasteiger partial charge on any atom is -0.462 e. The maximum Gasteiger partial charge on any atom is 0.306 e. The monoisotopic (exact) mass is 1140 g/mol. The summed E-state index contributed by atoms with van der Waals surface area (Å²) in [6.07, 6.45) is 101. The van der Waals surface area contributed by atoms with Gasteiger partial charge in [0.1, 0.15) is 13.2 Å². The van der Waals surface area contributed by atoms with E-state index >= 15 is 0 Å². The summed E-state index contributed by atoms with van der Waals surface area (Å²) in [5.74, 6) is -0.942. The van der Waals surface area contributed by atoms with Crippen molar-refractivity contribution in [3.63, 3.8) is 0 Å². The fourth-order valence-corrected chi connectivity index (χ4v) is 9.04. The van der Waals surface area contributed by atoms with Gasteiger partial charge in [0.05, 0.1) is 0 Å². The van der Waals surface area contributed by atoms with Gasteiger partial charge in [0.15, 0.2) is 6.10 Å². The Morgan fingerprint density at radius 2 is 0.434 bits per heavy atom. The summed E-state index contributed by atoms with van der Waals surface area (Å²) in [5.41, 5.74) is 0. The van der Waals surface area contributed by atoms with Crippen LogP contribution < -0.4 is 0 Å². The summed E-state index contributed by atoms with van der Waals surface area (Å²) in [6.45, 7) is 6.27. The molecule has 1 unspecified atom stereocenters. The lowest BCUT2D eigenvalue weighted by Crippen LogP contribution is -2.30. The molecule has 0 bridgehead atoms. The molecule has 1 atom stereocenters. The Balaban J connectivity index is 4.27. The van der Waals surface area contributed by atoms with Gasteiger partial charge >= 0.3 is 17.9 Å². The first kappa shape index (κ1) is 78.0. The average Bonchev–Trinajstić information content (AvgIpc) is 3.49. The van der Waals surface area contributed by atoms with Crippen LogP contribution in [0.25, 0.3) is 0 Å². The van der Waals surface area contributed by atoms with Gasteiger partial charge in [-0.2, -0.15) is 0 Å². The molecule has 0 N–H and O–H groups in total. The van der Waals surface area contributed by atoms with E-state index in [0.29, 0.717) is 19.3 Å². The molecule has 0 radical (unpaired) electrons. The van der Waals surface area contributed by atoms with Gasteiger partial charge in [-0.05, 0) is 141 Å². The van der Waals surface area contributed by atoms with Gasteiger partial charge in [-0.15, -0.1) is 0 Å². The first-order valence-electron chi connectivity index (χ1n) is 34.0. The predicted octanol–water partition coefficient (Wildman–Crippen LogP) is 23.7. The molecule has 0 aromatic rings. The second-order valence-electron chi connectivity index (χ2n) is 21.9. The minimum atomic E-state index is -0.805. The van der Waals surface area contributed by atoms with Crippen molar-refractivity contribution in [2.45, 2.75) is 297 Å². The largest absolute Gasteiger partial charge is 0.462 e. The maximum atomic E-state index is 12.9. The van der Waals surface area contributed by atoms with Gasteiger partial charge in [-0.25, -0.2) is 0 Å². The predicted molar refractivity (Wildman–Crippen MR) is 362 cm³/mol. The summed E-state index contributed by atoms with van der Waals surface area (Å²) >= 11 is 0. The van der Waals surface area contributed by atoms with Crippen molar-refractivity contribution in [3.8, 4) is 0 Å². The number of carbonyl (C=O) groups excluding carboxylic acids is 3. The van der Waals surface area contributed by atoms with Crippen molar-refractivity contribution in [2.75, 3.05) is 13.2 Å². The standard InChI is InChI=1S/C77H124O6/c1-4-7-10-13-16-19-22-25-27-29-31-32-33-34-35-36-37-38-39-40-41-42-43-44-46-47-49-52-55-58-61-64-67-70-76(79)82-73-74(72-81-75(78)69-66-63-60-57-54-51-24-21-18-15-12-9-6-3)83-77(80)71-68-65-62-59-56-53-50-48-45-30-28-26-23-20-17-14-11-8-5-2/h7-12,16-21,25-28,31-32,34-35,37-38,45,48,51,54,74H,4-6,13-15,22-24,29-30,33,36,39-44,46-47,49-50,52-53,55-73H2,1-3H3/b10-7-,11-8-,12-9-,19-16-,20-17-,21-18-,27-25-,28-26-,32-31-,35-34-,38-37-,48-45-,54-51-. The van der Waals surface area contributed by atoms with Crippen molar-refractivity contribution >= 4 is 17.9 Å². The maximum absolute atomic E-state index is 12.9. The van der Waals surface area contributed by atoms with E-state index in [9.17, 15) is 14.4 Å². The Bertz CT molecular complexity index is 1840. The Labute approximate surface area is 511 Å². The van der Waals surface area contributed by atoms with Crippen LogP contribution in [0.2, 0.25) is 0 Å². The molecule has 0 aliphatic heterocycles. The Morgan fingerprint density at radius 1 is 0.241 bits per heavy atom. The molecule has 0 spiro atoms. The van der Waals surface area contributed by atoms with Crippen molar-refractivity contribution in [3.05, 3.63) is 158 Å². The first-order chi connectivity index (χ1) is 41.0. The Morgan fingerprint density at radius 3 is 0.687 bits per heavy atom. The second-order valence-corrected chi connectivity index (χ2v) is 21.9. The van der Waals surface area contributed by atoms with Crippen LogP contribution in [-0.2, 0) is 28.6 Å². The highest BCUT2D eigenvalue weighted by molar-refractivity contribution is 5.71. The van der Waals surface area contributed by atoms with Crippen LogP contribution in [0.4, 0.5) is 0 Å². The second kappa shape index (κ2) is 69.5. The molecule has 0 aromatic heterocycles. The van der Waals surface area contributed by atoms with Crippen LogP contribution in [-0.4, -0.2) is 37.2 Å². The molecular formula is C77H124O6. The number of hydrogen-bond acceptors (Lipinski definition) is 6. The molecule has 6 nitrogen and oxygen atoms in total. The molecule has 0 aliphatic rings. The average molecular weight is 1150 g/mol. The van der Waals surface area contributed by atoms with Crippen LogP contribution in [0, 0.1) is 0 Å². The van der Waals surface area contributed by atoms with E-state index in [1.54, 1.807) is 0 Å². The zero-order chi connectivity index (χ0) is 59.9. The fraction of sp³-hybridized carbons (Fsp3) is 0.623. The number of esters is 3. The number of rotatable bonds is 60. The third kappa shape index (κ3) is 67.7. The van der Waals surface area contributed by atoms with Crippen molar-refractivity contribution in [2.24, 2.45) is 0 Å². The number of hydrogen-bond donors (Lipinski definition) is 0. The molecule has 0 saturated heterocycles. The van der Waals surface area contributed by atoms with Crippen molar-refractivity contribution in [1.29, 1.82) is 0 Å². The number of unbranched alkanes of at least 4 members (excludes halogenated alkanes) is 23. The zero-order valence-electron chi connectivity index (χ0n) is 53.7. The molecule has 83 heavy (non-hydrogen) atoms. The molecule has 0 rings (SSSR count). The van der Waals surface area contributed by atoms with Gasteiger partial charge in [0, 0.05) is 19.3 Å². The summed E-state index contributed by atoms with van der Waals surface area (Å²) in [7, 11) is 0. The highest BCUT2D eigenvalue weighted by Crippen LogP contribution is 2.16. The van der Waals surface area contributed by atoms with E-state index in [2.05, 4.69) is 179 Å². The smallest absolute Gasteiger partial charge is 0.306 e. The summed E-state index contributed by atoms with van der Waals surface area (Å²) in [6, 6.07) is 0. The van der Waals surface area contributed by atoms with Gasteiger partial charge < -0.3 is 14.2 Å². The summed E-state index contributed by atoms with van der Waals surface area (Å²) in [5, 5.41) is 0. The molecule has 0 fully saturated rings. The minimum absolute atomic E-state index is 0.0981. The number of carbonyl (C=O) groups is 3. The normalized spacial score (nSPS) is 13.1. The van der Waals surface area contributed by atoms with Crippen LogP contribution in [0.1, 0.15) is 290 Å². The van der Waals surface area contributed by atoms with Gasteiger partial charge in [0.25, 0.3) is 0 Å². The lowest BCUT2D eigenvalue weighted by molar-refractivity contribution is -0.167. The molecule has 0 heterocycles. The van der Waals surface area contributed by atoms with E-state index in [1.807, 2.05) is 0 Å². The molecule has 0 aliphatic carbocycles. The van der Waals surface area contributed by atoms with E-state index < -0.39 is 6.10 Å². The van der Waals surface area contributed by atoms with Crippen LogP contribution >= 0.6 is 0 Å². The summed E-state index contributed by atoms with van der Waals surface area (Å²) in [4.78, 5) is 38.3. The van der Waals surface area contributed by atoms with Gasteiger partial charge in [0.2, 0.25) is 0 Å². The van der Waals surface area contributed by atoms with E-state index in [0.717, 1.165) is 161 Å². The highest BCUT2D eigenvalue weighted by atomic mass is 16.6. The van der Waals surface area contributed by atoms with Crippen LogP contribution in [0.15, 0.2) is 158 Å². The van der Waals surface area contributed by atoms with Gasteiger partial charge in [-0.1, -0.05) is 288 Å². The number of ether oxygens (including phenoxy) is 3. The molecule has 0 aromatic carbocycles. The molecule has 468 valence electrons. The van der Waals surface area contributed by atoms with E-state index in [-0.39, 0.29) is 31.1 Å². The van der Waals surface area contributed by atoms with Crippen LogP contribution in [0.5, 0.6) is 0 Å². The molecule has 6 heteroatoms. The lowest BCUT2D eigenvalue weighted by Gasteiger charge is -2.18. The third-order valence-electron chi connectivity index (χ3n) is 14.0. The topological polar surface area (TPSA) is 78.9 Å². The molecular weight excluding hydrogens is 1020 g/mol. The highest BCUT2D eigenvalue weighted by Gasteiger charge is 2.19. The summed E-state index contributed by atoms with van der Waals surface area (Å²) < 4.78 is 16.9. The third-order valence-corrected chi connectivity index (χ3v) is 14.0. The SMILES string of the molecule is CC/C=C\C/C=C\C/C=C\C/C=C\C/C=C\C/C=C\CCCCCCCCCCCCCCCCC(=O)OCC(COC(=O)CCCCC/C=C\C/C=C\C/C=C\CC)OC(=O)CCCCCCCC/C=C\C/C=C\C/C=C\C/C=C\CC. The van der Waals surface area contributed by atoms with E-state index in [4.69, 9.17) is 14.2 Å². The van der Waals surface area contributed by atoms with E-state index in [1.165, 1.54) is 89.9 Å².